The van der Waals surface area contributed by atoms with E-state index in [1.807, 2.05) is 60.7 Å². The number of benzene rings is 8. The summed E-state index contributed by atoms with van der Waals surface area (Å²) in [7, 11) is 0. The van der Waals surface area contributed by atoms with Crippen molar-refractivity contribution in [1.82, 2.24) is 19.5 Å². The van der Waals surface area contributed by atoms with Crippen LogP contribution in [0.1, 0.15) is 20.6 Å². The SMILES string of the molecule is [2H]c1c([2H])c([2H])c2c(oc3c([2H])c([2H])c(-c4ccc(-n5c6c([2H])c([2H])c([2H])c([2H])c6c6c([2H])c([2H])c([2H])c([2H])c65)c(-c5nc(-c6ccccc6)nc(-c6ccc(-c7ccccc7)cc6)n5)c4)c([2H])c32)c1[2H]. The highest BCUT2D eigenvalue weighted by molar-refractivity contribution is 6.10. The highest BCUT2D eigenvalue weighted by atomic mass is 16.3. The van der Waals surface area contributed by atoms with Crippen molar-refractivity contribution in [2.45, 2.75) is 0 Å². The molecule has 0 spiro atoms. The van der Waals surface area contributed by atoms with Gasteiger partial charge in [0.2, 0.25) is 0 Å². The first-order chi connectivity index (χ1) is 34.0. The molecule has 0 fully saturated rings. The van der Waals surface area contributed by atoms with Gasteiger partial charge in [0, 0.05) is 38.2 Å². The van der Waals surface area contributed by atoms with Gasteiger partial charge in [-0.05, 0) is 64.6 Å². The molecule has 0 aliphatic carbocycles. The Morgan fingerprint density at radius 2 is 0.929 bits per heavy atom. The first-order valence-corrected chi connectivity index (χ1v) is 17.6. The molecule has 0 radical (unpaired) electrons. The molecule has 0 amide bonds. The van der Waals surface area contributed by atoms with Crippen LogP contribution >= 0.6 is 0 Å². The zero-order valence-electron chi connectivity index (χ0n) is 44.0. The molecule has 0 unspecified atom stereocenters. The summed E-state index contributed by atoms with van der Waals surface area (Å²) in [6.45, 7) is 0. The van der Waals surface area contributed by atoms with Gasteiger partial charge in [-0.1, -0.05) is 151 Å². The molecule has 11 rings (SSSR count). The summed E-state index contributed by atoms with van der Waals surface area (Å²) < 4.78 is 141. The Morgan fingerprint density at radius 1 is 0.411 bits per heavy atom. The van der Waals surface area contributed by atoms with Gasteiger partial charge in [-0.25, -0.2) is 15.0 Å². The minimum Gasteiger partial charge on any atom is -0.456 e. The maximum atomic E-state index is 9.62. The van der Waals surface area contributed by atoms with Crippen LogP contribution in [-0.2, 0) is 0 Å². The van der Waals surface area contributed by atoms with Crippen LogP contribution in [0.25, 0.3) is 106 Å². The molecule has 5 heteroatoms. The zero-order chi connectivity index (χ0) is 50.1. The molecule has 3 aromatic heterocycles. The van der Waals surface area contributed by atoms with E-state index in [0.29, 0.717) is 11.1 Å². The largest absolute Gasteiger partial charge is 0.456 e. The minimum atomic E-state index is -0.632. The number of rotatable bonds is 6. The maximum absolute atomic E-state index is 9.62. The normalized spacial score (nSPS) is 15.3. The number of para-hydroxylation sites is 3. The van der Waals surface area contributed by atoms with Gasteiger partial charge in [0.15, 0.2) is 17.5 Å². The second-order valence-corrected chi connectivity index (χ2v) is 12.9. The molecular weight excluding hydrogens is 685 g/mol. The average molecular weight is 732 g/mol. The van der Waals surface area contributed by atoms with Crippen LogP contribution in [0, 0.1) is 0 Å². The van der Waals surface area contributed by atoms with E-state index in [0.717, 1.165) is 11.1 Å². The summed E-state index contributed by atoms with van der Waals surface area (Å²) in [6, 6.07) is 22.5. The first-order valence-electron chi connectivity index (χ1n) is 25.1. The van der Waals surface area contributed by atoms with Crippen molar-refractivity contribution in [1.29, 1.82) is 0 Å². The van der Waals surface area contributed by atoms with Crippen LogP contribution in [0.5, 0.6) is 0 Å². The second kappa shape index (κ2) is 13.0. The molecule has 0 N–H and O–H groups in total. The Morgan fingerprint density at radius 3 is 1.62 bits per heavy atom. The Kier molecular flexibility index (Phi) is 4.70. The third-order valence-electron chi connectivity index (χ3n) is 9.60. The average Bonchev–Trinajstić information content (AvgIpc) is 3.98. The Balaban J connectivity index is 1.28. The van der Waals surface area contributed by atoms with Crippen LogP contribution in [0.2, 0.25) is 0 Å². The van der Waals surface area contributed by atoms with Crippen LogP contribution in [-0.4, -0.2) is 19.5 Å². The molecule has 0 bridgehead atoms. The van der Waals surface area contributed by atoms with E-state index in [-0.39, 0.29) is 83.6 Å². The van der Waals surface area contributed by atoms with Crippen molar-refractivity contribution in [3.05, 3.63) is 194 Å². The molecule has 0 atom stereocenters. The smallest absolute Gasteiger partial charge is 0.166 e. The van der Waals surface area contributed by atoms with Gasteiger partial charge in [0.1, 0.15) is 11.2 Å². The van der Waals surface area contributed by atoms with Gasteiger partial charge in [0.05, 0.1) is 37.3 Å². The Labute approximate surface area is 343 Å². The molecular formula is C51H32N4O. The molecule has 0 saturated carbocycles. The number of aromatic nitrogens is 4. The molecule has 0 aliphatic rings. The Hall–Kier alpha value is -7.63. The van der Waals surface area contributed by atoms with Crippen molar-refractivity contribution in [3.63, 3.8) is 0 Å². The van der Waals surface area contributed by atoms with Crippen molar-refractivity contribution < 1.29 is 25.0 Å². The lowest BCUT2D eigenvalue weighted by Gasteiger charge is -2.16. The summed E-state index contributed by atoms with van der Waals surface area (Å²) >= 11 is 0. The fraction of sp³-hybridized carbons (Fsp3) is 0. The molecule has 262 valence electrons. The molecule has 56 heavy (non-hydrogen) atoms. The summed E-state index contributed by atoms with van der Waals surface area (Å²) in [4.78, 5) is 14.9. The van der Waals surface area contributed by atoms with Gasteiger partial charge in [-0.3, -0.25) is 0 Å². The van der Waals surface area contributed by atoms with E-state index in [9.17, 15) is 5.48 Å². The van der Waals surface area contributed by atoms with E-state index < -0.39 is 90.6 Å². The number of hydrogen-bond acceptors (Lipinski definition) is 4. The summed E-state index contributed by atoms with van der Waals surface area (Å²) in [6.07, 6.45) is 0. The molecule has 5 nitrogen and oxygen atoms in total. The monoisotopic (exact) mass is 731 g/mol. The van der Waals surface area contributed by atoms with Gasteiger partial charge in [-0.15, -0.1) is 0 Å². The third kappa shape index (κ3) is 5.37. The summed E-state index contributed by atoms with van der Waals surface area (Å²) in [5.74, 6) is 0.367. The fourth-order valence-corrected chi connectivity index (χ4v) is 6.96. The van der Waals surface area contributed by atoms with Gasteiger partial charge in [0.25, 0.3) is 0 Å². The molecule has 8 aromatic carbocycles. The lowest BCUT2D eigenvalue weighted by atomic mass is 9.99. The summed E-state index contributed by atoms with van der Waals surface area (Å²) in [5.41, 5.74) is 2.22. The predicted octanol–water partition coefficient (Wildman–Crippen LogP) is 13.2. The standard InChI is InChI=1S/C51H32N4O/c1-3-13-33(14-4-1)34-23-25-36(26-24-34)50-52-49(35-15-5-2-6-16-35)53-51(54-50)43-32-37(38-28-30-48-42(31-38)41-19-9-12-22-47(41)56-48)27-29-46(43)55-44-20-10-7-17-39(44)40-18-8-11-21-45(40)55/h1-32H/i7D,8D,9D,10D,11D,12D,17D,18D,19D,20D,21D,22D,28D,30D,31D. The lowest BCUT2D eigenvalue weighted by molar-refractivity contribution is 0.669. The van der Waals surface area contributed by atoms with Crippen molar-refractivity contribution in [2.75, 3.05) is 0 Å². The molecule has 0 saturated heterocycles. The van der Waals surface area contributed by atoms with Crippen LogP contribution < -0.4 is 0 Å². The van der Waals surface area contributed by atoms with E-state index in [1.54, 1.807) is 24.3 Å². The maximum Gasteiger partial charge on any atom is 0.166 e. The summed E-state index contributed by atoms with van der Waals surface area (Å²) in [5, 5.41) is -0.620. The van der Waals surface area contributed by atoms with Crippen molar-refractivity contribution in [2.24, 2.45) is 0 Å². The van der Waals surface area contributed by atoms with Gasteiger partial charge in [-0.2, -0.15) is 0 Å². The minimum absolute atomic E-state index is 0.0392. The quantitative estimate of drug-likeness (QED) is 0.171. The van der Waals surface area contributed by atoms with Crippen LogP contribution in [0.4, 0.5) is 0 Å². The number of nitrogens with zero attached hydrogens (tertiary/aromatic N) is 4. The zero-order valence-corrected chi connectivity index (χ0v) is 29.0. The van der Waals surface area contributed by atoms with Gasteiger partial charge < -0.3 is 8.98 Å². The molecule has 0 aliphatic heterocycles. The Bertz CT molecular complexity index is 4030. The van der Waals surface area contributed by atoms with Gasteiger partial charge >= 0.3 is 0 Å². The number of fused-ring (bicyclic) bond motifs is 6. The first kappa shape index (κ1) is 20.2. The van der Waals surface area contributed by atoms with Crippen molar-refractivity contribution in [3.8, 4) is 62.1 Å². The fourth-order valence-electron chi connectivity index (χ4n) is 6.96. The van der Waals surface area contributed by atoms with Crippen LogP contribution in [0.3, 0.4) is 0 Å². The van der Waals surface area contributed by atoms with E-state index in [1.165, 1.54) is 22.8 Å². The highest BCUT2D eigenvalue weighted by Gasteiger charge is 2.21. The van der Waals surface area contributed by atoms with E-state index in [4.69, 9.17) is 34.4 Å². The second-order valence-electron chi connectivity index (χ2n) is 12.9. The third-order valence-corrected chi connectivity index (χ3v) is 9.60. The number of furan rings is 1. The van der Waals surface area contributed by atoms with E-state index in [2.05, 4.69) is 0 Å². The topological polar surface area (TPSA) is 56.7 Å². The van der Waals surface area contributed by atoms with Crippen molar-refractivity contribution >= 4 is 43.7 Å². The molecule has 3 heterocycles. The molecule has 11 aromatic rings. The van der Waals surface area contributed by atoms with Crippen LogP contribution in [0.15, 0.2) is 198 Å². The lowest BCUT2D eigenvalue weighted by Crippen LogP contribution is -2.04. The highest BCUT2D eigenvalue weighted by Crippen LogP contribution is 2.39. The van der Waals surface area contributed by atoms with E-state index >= 15 is 0 Å². The predicted molar refractivity (Wildman–Crippen MR) is 229 cm³/mol. The number of hydrogen-bond donors (Lipinski definition) is 0.